The Balaban J connectivity index is 1.83. The van der Waals surface area contributed by atoms with Crippen LogP contribution in [0.3, 0.4) is 0 Å². The minimum absolute atomic E-state index is 0.0364. The largest absolute Gasteiger partial charge is 0.494 e. The van der Waals surface area contributed by atoms with Crippen LogP contribution in [0.1, 0.15) is 29.0 Å². The van der Waals surface area contributed by atoms with E-state index in [9.17, 15) is 4.79 Å². The lowest BCUT2D eigenvalue weighted by molar-refractivity contribution is -0.115. The van der Waals surface area contributed by atoms with Gasteiger partial charge in [0.1, 0.15) is 5.75 Å². The topological polar surface area (TPSA) is 38.3 Å². The van der Waals surface area contributed by atoms with Gasteiger partial charge in [-0.25, -0.2) is 0 Å². The van der Waals surface area contributed by atoms with Crippen LogP contribution >= 0.6 is 11.6 Å². The SMILES string of the molecule is CCOc1ccc(C(Cl)c2ccc3c(c2)CC(=O)N3)cc1. The van der Waals surface area contributed by atoms with E-state index in [1.807, 2.05) is 49.4 Å². The molecule has 2 aromatic rings. The van der Waals surface area contributed by atoms with Crippen molar-refractivity contribution >= 4 is 23.2 Å². The molecule has 2 aromatic carbocycles. The molecule has 0 fully saturated rings. The number of nitrogens with one attached hydrogen (secondary N) is 1. The van der Waals surface area contributed by atoms with Gasteiger partial charge in [-0.1, -0.05) is 24.3 Å². The maximum Gasteiger partial charge on any atom is 0.228 e. The predicted molar refractivity (Wildman–Crippen MR) is 84.1 cm³/mol. The Kier molecular flexibility index (Phi) is 3.84. The molecule has 3 rings (SSSR count). The first kappa shape index (κ1) is 14.0. The number of fused-ring (bicyclic) bond motifs is 1. The first-order valence-electron chi connectivity index (χ1n) is 6.97. The van der Waals surface area contributed by atoms with Crippen LogP contribution in [0, 0.1) is 0 Å². The summed E-state index contributed by atoms with van der Waals surface area (Å²) in [6, 6.07) is 13.7. The third-order valence-corrected chi connectivity index (χ3v) is 4.03. The summed E-state index contributed by atoms with van der Waals surface area (Å²) >= 11 is 6.55. The van der Waals surface area contributed by atoms with E-state index in [4.69, 9.17) is 16.3 Å². The number of halogens is 1. The number of rotatable bonds is 4. The molecule has 0 spiro atoms. The first-order valence-corrected chi connectivity index (χ1v) is 7.40. The highest BCUT2D eigenvalue weighted by atomic mass is 35.5. The van der Waals surface area contributed by atoms with Gasteiger partial charge >= 0.3 is 0 Å². The van der Waals surface area contributed by atoms with Gasteiger partial charge in [-0.2, -0.15) is 0 Å². The lowest BCUT2D eigenvalue weighted by Gasteiger charge is -2.12. The van der Waals surface area contributed by atoms with Crippen molar-refractivity contribution in [2.75, 3.05) is 11.9 Å². The molecular weight excluding hydrogens is 286 g/mol. The van der Waals surface area contributed by atoms with Crippen molar-refractivity contribution in [3.8, 4) is 5.75 Å². The van der Waals surface area contributed by atoms with Crippen LogP contribution in [0.25, 0.3) is 0 Å². The van der Waals surface area contributed by atoms with Crippen molar-refractivity contribution in [2.24, 2.45) is 0 Å². The van der Waals surface area contributed by atoms with Gasteiger partial charge in [0.15, 0.2) is 0 Å². The van der Waals surface area contributed by atoms with Gasteiger partial charge in [-0.3, -0.25) is 4.79 Å². The van der Waals surface area contributed by atoms with Gasteiger partial charge in [0, 0.05) is 5.69 Å². The average molecular weight is 302 g/mol. The molecule has 4 heteroatoms. The number of hydrogen-bond donors (Lipinski definition) is 1. The van der Waals surface area contributed by atoms with E-state index in [1.54, 1.807) is 0 Å². The summed E-state index contributed by atoms with van der Waals surface area (Å²) < 4.78 is 5.43. The Morgan fingerprint density at radius 1 is 1.19 bits per heavy atom. The minimum Gasteiger partial charge on any atom is -0.494 e. The van der Waals surface area contributed by atoms with Crippen molar-refractivity contribution in [3.05, 3.63) is 59.2 Å². The molecular formula is C17H16ClNO2. The fourth-order valence-corrected chi connectivity index (χ4v) is 2.78. The molecule has 1 heterocycles. The van der Waals surface area contributed by atoms with Gasteiger partial charge in [0.2, 0.25) is 5.91 Å². The third kappa shape index (κ3) is 2.88. The summed E-state index contributed by atoms with van der Waals surface area (Å²) in [7, 11) is 0. The molecule has 0 radical (unpaired) electrons. The van der Waals surface area contributed by atoms with Gasteiger partial charge in [-0.05, 0) is 41.8 Å². The van der Waals surface area contributed by atoms with Crippen LogP contribution in [0.15, 0.2) is 42.5 Å². The Bertz CT molecular complexity index is 667. The van der Waals surface area contributed by atoms with Crippen LogP contribution in [-0.2, 0) is 11.2 Å². The number of alkyl halides is 1. The Morgan fingerprint density at radius 2 is 1.90 bits per heavy atom. The number of hydrogen-bond acceptors (Lipinski definition) is 2. The predicted octanol–water partition coefficient (Wildman–Crippen LogP) is 3.91. The standard InChI is InChI=1S/C17H16ClNO2/c1-2-21-14-6-3-11(4-7-14)17(18)12-5-8-15-13(9-12)10-16(20)19-15/h3-9,17H,2,10H2,1H3,(H,19,20). The van der Waals surface area contributed by atoms with Crippen molar-refractivity contribution < 1.29 is 9.53 Å². The zero-order chi connectivity index (χ0) is 14.8. The summed E-state index contributed by atoms with van der Waals surface area (Å²) in [5, 5.41) is 2.59. The molecule has 3 nitrogen and oxygen atoms in total. The number of amides is 1. The molecule has 1 atom stereocenters. The lowest BCUT2D eigenvalue weighted by Crippen LogP contribution is -2.03. The van der Waals surface area contributed by atoms with Crippen LogP contribution in [0.4, 0.5) is 5.69 Å². The van der Waals surface area contributed by atoms with Gasteiger partial charge < -0.3 is 10.1 Å². The second-order valence-corrected chi connectivity index (χ2v) is 5.44. The third-order valence-electron chi connectivity index (χ3n) is 3.53. The van der Waals surface area contributed by atoms with Crippen molar-refractivity contribution in [1.29, 1.82) is 0 Å². The molecule has 0 bridgehead atoms. The summed E-state index contributed by atoms with van der Waals surface area (Å²) in [4.78, 5) is 11.4. The number of benzene rings is 2. The summed E-state index contributed by atoms with van der Waals surface area (Å²) in [5.41, 5.74) is 3.90. The lowest BCUT2D eigenvalue weighted by atomic mass is 10.0. The van der Waals surface area contributed by atoms with E-state index in [1.165, 1.54) is 0 Å². The molecule has 0 saturated heterocycles. The Labute approximate surface area is 128 Å². The van der Waals surface area contributed by atoms with E-state index in [0.717, 1.165) is 28.1 Å². The first-order chi connectivity index (χ1) is 10.2. The van der Waals surface area contributed by atoms with Crippen LogP contribution in [0.5, 0.6) is 5.75 Å². The summed E-state index contributed by atoms with van der Waals surface area (Å²) in [6.07, 6.45) is 0.427. The van der Waals surface area contributed by atoms with Crippen molar-refractivity contribution in [2.45, 2.75) is 18.7 Å². The van der Waals surface area contributed by atoms with Crippen molar-refractivity contribution in [3.63, 3.8) is 0 Å². The fraction of sp³-hybridized carbons (Fsp3) is 0.235. The molecule has 0 saturated carbocycles. The zero-order valence-electron chi connectivity index (χ0n) is 11.7. The molecule has 1 aliphatic rings. The average Bonchev–Trinajstić information content (AvgIpc) is 2.86. The highest BCUT2D eigenvalue weighted by Crippen LogP contribution is 2.33. The summed E-state index contributed by atoms with van der Waals surface area (Å²) in [6.45, 7) is 2.60. The highest BCUT2D eigenvalue weighted by Gasteiger charge is 2.20. The second kappa shape index (κ2) is 5.78. The van der Waals surface area contributed by atoms with Gasteiger partial charge in [0.25, 0.3) is 0 Å². The van der Waals surface area contributed by atoms with E-state index in [0.29, 0.717) is 13.0 Å². The smallest absolute Gasteiger partial charge is 0.228 e. The molecule has 21 heavy (non-hydrogen) atoms. The number of anilines is 1. The van der Waals surface area contributed by atoms with Gasteiger partial charge in [-0.15, -0.1) is 11.6 Å². The molecule has 1 aliphatic heterocycles. The molecule has 1 amide bonds. The van der Waals surface area contributed by atoms with Crippen LogP contribution in [-0.4, -0.2) is 12.5 Å². The zero-order valence-corrected chi connectivity index (χ0v) is 12.5. The maximum absolute atomic E-state index is 11.4. The monoisotopic (exact) mass is 301 g/mol. The van der Waals surface area contributed by atoms with E-state index in [-0.39, 0.29) is 11.3 Å². The van der Waals surface area contributed by atoms with E-state index in [2.05, 4.69) is 5.32 Å². The maximum atomic E-state index is 11.4. The van der Waals surface area contributed by atoms with Gasteiger partial charge in [0.05, 0.1) is 18.4 Å². The number of ether oxygens (including phenoxy) is 1. The Hall–Kier alpha value is -2.00. The fourth-order valence-electron chi connectivity index (χ4n) is 2.50. The Morgan fingerprint density at radius 3 is 2.62 bits per heavy atom. The molecule has 1 unspecified atom stereocenters. The highest BCUT2D eigenvalue weighted by molar-refractivity contribution is 6.22. The second-order valence-electron chi connectivity index (χ2n) is 5.01. The van der Waals surface area contributed by atoms with E-state index < -0.39 is 0 Å². The summed E-state index contributed by atoms with van der Waals surface area (Å²) in [5.74, 6) is 0.878. The minimum atomic E-state index is -0.235. The molecule has 1 N–H and O–H groups in total. The van der Waals surface area contributed by atoms with Crippen molar-refractivity contribution in [1.82, 2.24) is 0 Å². The molecule has 108 valence electrons. The quantitative estimate of drug-likeness (QED) is 0.870. The molecule has 0 aromatic heterocycles. The number of carbonyl (C=O) groups excluding carboxylic acids is 1. The van der Waals surface area contributed by atoms with Crippen LogP contribution in [0.2, 0.25) is 0 Å². The molecule has 0 aliphatic carbocycles. The van der Waals surface area contributed by atoms with Crippen LogP contribution < -0.4 is 10.1 Å². The number of carbonyl (C=O) groups is 1. The van der Waals surface area contributed by atoms with E-state index >= 15 is 0 Å². The normalized spacial score (nSPS) is 14.5.